The summed E-state index contributed by atoms with van der Waals surface area (Å²) in [5.41, 5.74) is 1.97. The molecule has 0 radical (unpaired) electrons. The Bertz CT molecular complexity index is 436. The van der Waals surface area contributed by atoms with E-state index in [1.165, 1.54) is 0 Å². The van der Waals surface area contributed by atoms with E-state index in [9.17, 15) is 0 Å². The first-order valence-corrected chi connectivity index (χ1v) is 5.25. The monoisotopic (exact) mass is 221 g/mol. The summed E-state index contributed by atoms with van der Waals surface area (Å²) in [4.78, 5) is 3.14. The first-order chi connectivity index (χ1) is 7.31. The van der Waals surface area contributed by atoms with Crippen molar-refractivity contribution < 1.29 is 4.74 Å². The predicted octanol–water partition coefficient (Wildman–Crippen LogP) is 3.73. The molecule has 2 aromatic rings. The Balaban J connectivity index is 2.36. The third kappa shape index (κ3) is 2.16. The maximum absolute atomic E-state index is 6.10. The Morgan fingerprint density at radius 2 is 2.00 bits per heavy atom. The lowest BCUT2D eigenvalue weighted by Crippen LogP contribution is -1.90. The zero-order valence-electron chi connectivity index (χ0n) is 8.46. The molecule has 0 aliphatic rings. The summed E-state index contributed by atoms with van der Waals surface area (Å²) in [6.45, 7) is 2.57. The summed E-state index contributed by atoms with van der Waals surface area (Å²) in [7, 11) is 0. The molecule has 0 aliphatic carbocycles. The summed E-state index contributed by atoms with van der Waals surface area (Å²) in [5, 5.41) is 0.685. The average Bonchev–Trinajstić information content (AvgIpc) is 2.61. The van der Waals surface area contributed by atoms with Crippen molar-refractivity contribution in [1.29, 1.82) is 0 Å². The van der Waals surface area contributed by atoms with Gasteiger partial charge in [0.25, 0.3) is 0 Å². The van der Waals surface area contributed by atoms with Crippen molar-refractivity contribution in [2.75, 3.05) is 6.61 Å². The largest absolute Gasteiger partial charge is 0.479 e. The molecule has 78 valence electrons. The molecule has 2 nitrogen and oxygen atoms in total. The van der Waals surface area contributed by atoms with Crippen LogP contribution in [0.4, 0.5) is 0 Å². The van der Waals surface area contributed by atoms with Crippen LogP contribution in [0.15, 0.2) is 36.4 Å². The molecular formula is C12H12ClNO. The fourth-order valence-corrected chi connectivity index (χ4v) is 1.71. The molecule has 1 N–H and O–H groups in total. The van der Waals surface area contributed by atoms with Gasteiger partial charge in [0.15, 0.2) is 5.88 Å². The van der Waals surface area contributed by atoms with E-state index in [-0.39, 0.29) is 0 Å². The van der Waals surface area contributed by atoms with E-state index in [1.54, 1.807) is 6.07 Å². The maximum Gasteiger partial charge on any atom is 0.192 e. The zero-order chi connectivity index (χ0) is 10.7. The number of halogens is 1. The number of rotatable bonds is 3. The zero-order valence-corrected chi connectivity index (χ0v) is 9.21. The molecule has 1 aromatic heterocycles. The van der Waals surface area contributed by atoms with Crippen LogP contribution in [0, 0.1) is 0 Å². The lowest BCUT2D eigenvalue weighted by Gasteiger charge is -1.99. The molecule has 3 heteroatoms. The van der Waals surface area contributed by atoms with Gasteiger partial charge in [-0.25, -0.2) is 0 Å². The summed E-state index contributed by atoms with van der Waals surface area (Å²) in [6.07, 6.45) is 0. The standard InChI is InChI=1S/C12H12ClNO/c1-2-15-11-8-10(13)12(14-11)9-6-4-3-5-7-9/h3-8,14H,2H2,1H3. The van der Waals surface area contributed by atoms with E-state index in [0.29, 0.717) is 17.5 Å². The SMILES string of the molecule is CCOc1cc(Cl)c(-c2ccccc2)[nH]1. The van der Waals surface area contributed by atoms with Crippen molar-refractivity contribution in [2.45, 2.75) is 6.92 Å². The lowest BCUT2D eigenvalue weighted by atomic mass is 10.2. The third-order valence-corrected chi connectivity index (χ3v) is 2.41. The maximum atomic E-state index is 6.10. The van der Waals surface area contributed by atoms with Crippen molar-refractivity contribution in [2.24, 2.45) is 0 Å². The van der Waals surface area contributed by atoms with Crippen LogP contribution in [0.2, 0.25) is 5.02 Å². The topological polar surface area (TPSA) is 25.0 Å². The normalized spacial score (nSPS) is 10.3. The number of hydrogen-bond acceptors (Lipinski definition) is 1. The van der Waals surface area contributed by atoms with Crippen molar-refractivity contribution in [3.63, 3.8) is 0 Å². The van der Waals surface area contributed by atoms with Gasteiger partial charge in [-0.15, -0.1) is 0 Å². The fourth-order valence-electron chi connectivity index (χ4n) is 1.45. The van der Waals surface area contributed by atoms with Gasteiger partial charge in [-0.05, 0) is 12.5 Å². The van der Waals surface area contributed by atoms with Crippen LogP contribution in [0.1, 0.15) is 6.92 Å². The second kappa shape index (κ2) is 4.41. The Kier molecular flexibility index (Phi) is 2.97. The third-order valence-electron chi connectivity index (χ3n) is 2.11. The Morgan fingerprint density at radius 3 is 2.67 bits per heavy atom. The second-order valence-corrected chi connectivity index (χ2v) is 3.56. The first-order valence-electron chi connectivity index (χ1n) is 4.88. The van der Waals surface area contributed by atoms with E-state index >= 15 is 0 Å². The quantitative estimate of drug-likeness (QED) is 0.839. The van der Waals surface area contributed by atoms with Crippen LogP contribution in [0.5, 0.6) is 5.88 Å². The molecule has 0 saturated carbocycles. The summed E-state index contributed by atoms with van der Waals surface area (Å²) in [5.74, 6) is 0.710. The second-order valence-electron chi connectivity index (χ2n) is 3.16. The minimum atomic E-state index is 0.630. The van der Waals surface area contributed by atoms with Gasteiger partial charge in [0.05, 0.1) is 17.3 Å². The van der Waals surface area contributed by atoms with E-state index in [4.69, 9.17) is 16.3 Å². The average molecular weight is 222 g/mol. The van der Waals surface area contributed by atoms with E-state index in [2.05, 4.69) is 4.98 Å². The molecule has 0 saturated heterocycles. The number of H-pyrrole nitrogens is 1. The van der Waals surface area contributed by atoms with Crippen LogP contribution in [0.3, 0.4) is 0 Å². The highest BCUT2D eigenvalue weighted by atomic mass is 35.5. The number of nitrogens with one attached hydrogen (secondary N) is 1. The summed E-state index contributed by atoms with van der Waals surface area (Å²) >= 11 is 6.10. The smallest absolute Gasteiger partial charge is 0.192 e. The highest BCUT2D eigenvalue weighted by molar-refractivity contribution is 6.33. The van der Waals surface area contributed by atoms with Crippen LogP contribution < -0.4 is 4.74 Å². The van der Waals surface area contributed by atoms with Crippen molar-refractivity contribution in [1.82, 2.24) is 4.98 Å². The van der Waals surface area contributed by atoms with Gasteiger partial charge in [0.2, 0.25) is 0 Å². The van der Waals surface area contributed by atoms with Gasteiger partial charge < -0.3 is 9.72 Å². The molecule has 0 atom stereocenters. The number of aromatic nitrogens is 1. The summed E-state index contributed by atoms with van der Waals surface area (Å²) < 4.78 is 5.35. The molecular weight excluding hydrogens is 210 g/mol. The van der Waals surface area contributed by atoms with Crippen molar-refractivity contribution in [3.8, 4) is 17.1 Å². The van der Waals surface area contributed by atoms with E-state index in [1.807, 2.05) is 37.3 Å². The van der Waals surface area contributed by atoms with Crippen LogP contribution in [-0.4, -0.2) is 11.6 Å². The molecule has 2 rings (SSSR count). The molecule has 15 heavy (non-hydrogen) atoms. The van der Waals surface area contributed by atoms with Gasteiger partial charge in [-0.3, -0.25) is 0 Å². The molecule has 1 aromatic carbocycles. The molecule has 0 unspecified atom stereocenters. The molecule has 0 aliphatic heterocycles. The van der Waals surface area contributed by atoms with Gasteiger partial charge in [-0.2, -0.15) is 0 Å². The van der Waals surface area contributed by atoms with Gasteiger partial charge in [-0.1, -0.05) is 41.9 Å². The van der Waals surface area contributed by atoms with E-state index in [0.717, 1.165) is 11.3 Å². The van der Waals surface area contributed by atoms with Gasteiger partial charge in [0, 0.05) is 6.07 Å². The van der Waals surface area contributed by atoms with Gasteiger partial charge in [0.1, 0.15) is 0 Å². The number of ether oxygens (including phenoxy) is 1. The number of aromatic amines is 1. The fraction of sp³-hybridized carbons (Fsp3) is 0.167. The highest BCUT2D eigenvalue weighted by Crippen LogP contribution is 2.30. The van der Waals surface area contributed by atoms with Crippen LogP contribution in [-0.2, 0) is 0 Å². The molecule has 0 amide bonds. The molecule has 0 fully saturated rings. The Hall–Kier alpha value is -1.41. The molecule has 0 bridgehead atoms. The van der Waals surface area contributed by atoms with Crippen LogP contribution >= 0.6 is 11.6 Å². The number of hydrogen-bond donors (Lipinski definition) is 1. The minimum Gasteiger partial charge on any atom is -0.479 e. The van der Waals surface area contributed by atoms with Gasteiger partial charge >= 0.3 is 0 Å². The molecule has 0 spiro atoms. The Morgan fingerprint density at radius 1 is 1.27 bits per heavy atom. The van der Waals surface area contributed by atoms with Crippen molar-refractivity contribution >= 4 is 11.6 Å². The first kappa shape index (κ1) is 10.1. The van der Waals surface area contributed by atoms with Crippen molar-refractivity contribution in [3.05, 3.63) is 41.4 Å². The summed E-state index contributed by atoms with van der Waals surface area (Å²) in [6, 6.07) is 11.7. The van der Waals surface area contributed by atoms with E-state index < -0.39 is 0 Å². The number of benzene rings is 1. The lowest BCUT2D eigenvalue weighted by molar-refractivity contribution is 0.329. The molecule has 1 heterocycles. The Labute approximate surface area is 93.8 Å². The van der Waals surface area contributed by atoms with Crippen LogP contribution in [0.25, 0.3) is 11.3 Å². The minimum absolute atomic E-state index is 0.630. The predicted molar refractivity (Wildman–Crippen MR) is 62.4 cm³/mol. The highest BCUT2D eigenvalue weighted by Gasteiger charge is 2.08.